The fourth-order valence-electron chi connectivity index (χ4n) is 3.23. The van der Waals surface area contributed by atoms with Crippen molar-refractivity contribution < 1.29 is 14.0 Å². The molecule has 2 aromatic rings. The first-order valence-electron chi connectivity index (χ1n) is 9.10. The molecule has 148 valence electrons. The number of carbonyl (C=O) groups is 2. The molecule has 0 saturated carbocycles. The lowest BCUT2D eigenvalue weighted by atomic mass is 10.1. The van der Waals surface area contributed by atoms with Gasteiger partial charge >= 0.3 is 0 Å². The van der Waals surface area contributed by atoms with Crippen molar-refractivity contribution in [3.63, 3.8) is 0 Å². The number of hydrogen-bond acceptors (Lipinski definition) is 3. The molecule has 1 atom stereocenters. The Morgan fingerprint density at radius 3 is 2.71 bits per heavy atom. The van der Waals surface area contributed by atoms with E-state index in [4.69, 9.17) is 11.6 Å². The fourth-order valence-corrected chi connectivity index (χ4v) is 4.78. The number of rotatable bonds is 6. The van der Waals surface area contributed by atoms with Crippen LogP contribution in [0.3, 0.4) is 0 Å². The first-order valence-corrected chi connectivity index (χ1v) is 10.5. The van der Waals surface area contributed by atoms with E-state index in [0.29, 0.717) is 29.4 Å². The Morgan fingerprint density at radius 1 is 1.29 bits per heavy atom. The van der Waals surface area contributed by atoms with Crippen LogP contribution in [0.5, 0.6) is 0 Å². The van der Waals surface area contributed by atoms with Crippen molar-refractivity contribution in [3.8, 4) is 0 Å². The lowest BCUT2D eigenvalue weighted by molar-refractivity contribution is -0.128. The van der Waals surface area contributed by atoms with E-state index >= 15 is 0 Å². The Morgan fingerprint density at radius 2 is 2.04 bits per heavy atom. The molecule has 0 radical (unpaired) electrons. The average Bonchev–Trinajstić information content (AvgIpc) is 3.02. The number of hydrogen-bond donors (Lipinski definition) is 0. The maximum atomic E-state index is 13.5. The predicted molar refractivity (Wildman–Crippen MR) is 111 cm³/mol. The molecule has 1 fully saturated rings. The van der Waals surface area contributed by atoms with Gasteiger partial charge in [-0.3, -0.25) is 9.59 Å². The van der Waals surface area contributed by atoms with Crippen molar-refractivity contribution >= 4 is 35.2 Å². The first-order chi connectivity index (χ1) is 13.4. The van der Waals surface area contributed by atoms with Gasteiger partial charge in [0.15, 0.2) is 0 Å². The number of thioether (sulfide) groups is 1. The molecule has 0 bridgehead atoms. The summed E-state index contributed by atoms with van der Waals surface area (Å²) in [6.45, 7) is 4.56. The largest absolute Gasteiger partial charge is 0.334 e. The Labute approximate surface area is 173 Å². The van der Waals surface area contributed by atoms with Gasteiger partial charge in [-0.25, -0.2) is 4.39 Å². The second-order valence-electron chi connectivity index (χ2n) is 6.87. The molecule has 0 aliphatic carbocycles. The summed E-state index contributed by atoms with van der Waals surface area (Å²) in [7, 11) is 0. The van der Waals surface area contributed by atoms with Crippen LogP contribution in [0.1, 0.15) is 35.1 Å². The van der Waals surface area contributed by atoms with Crippen LogP contribution in [-0.4, -0.2) is 46.5 Å². The van der Waals surface area contributed by atoms with E-state index in [-0.39, 0.29) is 23.2 Å². The summed E-state index contributed by atoms with van der Waals surface area (Å²) >= 11 is 7.86. The van der Waals surface area contributed by atoms with Crippen LogP contribution in [0, 0.1) is 5.82 Å². The summed E-state index contributed by atoms with van der Waals surface area (Å²) in [6, 6.07) is 13.1. The molecular weight excluding hydrogens is 399 g/mol. The minimum absolute atomic E-state index is 0.0248. The molecule has 7 heteroatoms. The Balaban J connectivity index is 1.76. The van der Waals surface area contributed by atoms with Crippen molar-refractivity contribution in [1.29, 1.82) is 0 Å². The summed E-state index contributed by atoms with van der Waals surface area (Å²) in [5.41, 5.74) is 1.20. The molecule has 3 rings (SSSR count). The van der Waals surface area contributed by atoms with Crippen LogP contribution in [-0.2, 0) is 4.79 Å². The summed E-state index contributed by atoms with van der Waals surface area (Å²) in [6.07, 6.45) is 0. The van der Waals surface area contributed by atoms with Crippen molar-refractivity contribution in [2.24, 2.45) is 0 Å². The Bertz CT molecular complexity index is 877. The van der Waals surface area contributed by atoms with Gasteiger partial charge in [0, 0.05) is 35.3 Å². The van der Waals surface area contributed by atoms with Gasteiger partial charge < -0.3 is 9.80 Å². The van der Waals surface area contributed by atoms with Crippen molar-refractivity contribution in [2.75, 3.05) is 18.8 Å². The molecule has 1 unspecified atom stereocenters. The van der Waals surface area contributed by atoms with Gasteiger partial charge in [-0.2, -0.15) is 0 Å². The number of halogens is 2. The smallest absolute Gasteiger partial charge is 0.254 e. The van der Waals surface area contributed by atoms with E-state index < -0.39 is 5.82 Å². The third kappa shape index (κ3) is 4.50. The van der Waals surface area contributed by atoms with Gasteiger partial charge in [0.2, 0.25) is 5.91 Å². The van der Waals surface area contributed by atoms with Crippen LogP contribution >= 0.6 is 23.4 Å². The van der Waals surface area contributed by atoms with Crippen molar-refractivity contribution in [2.45, 2.75) is 25.3 Å². The van der Waals surface area contributed by atoms with Crippen LogP contribution in [0.25, 0.3) is 0 Å². The molecule has 2 amide bonds. The zero-order chi connectivity index (χ0) is 20.3. The van der Waals surface area contributed by atoms with E-state index in [1.165, 1.54) is 30.0 Å². The minimum atomic E-state index is -0.445. The lowest BCUT2D eigenvalue weighted by Crippen LogP contribution is -2.43. The van der Waals surface area contributed by atoms with Gasteiger partial charge in [0.25, 0.3) is 5.91 Å². The van der Waals surface area contributed by atoms with E-state index in [1.807, 2.05) is 38.1 Å². The average molecular weight is 421 g/mol. The molecule has 0 aromatic heterocycles. The highest BCUT2D eigenvalue weighted by atomic mass is 35.5. The summed E-state index contributed by atoms with van der Waals surface area (Å²) in [4.78, 5) is 28.7. The number of amides is 2. The molecule has 1 aliphatic heterocycles. The van der Waals surface area contributed by atoms with E-state index in [0.717, 1.165) is 5.56 Å². The van der Waals surface area contributed by atoms with E-state index in [1.54, 1.807) is 15.9 Å². The summed E-state index contributed by atoms with van der Waals surface area (Å²) < 4.78 is 13.5. The molecule has 1 saturated heterocycles. The third-order valence-electron chi connectivity index (χ3n) is 4.68. The predicted octanol–water partition coefficient (Wildman–Crippen LogP) is 4.60. The molecule has 0 spiro atoms. The second kappa shape index (κ2) is 8.97. The highest BCUT2D eigenvalue weighted by Crippen LogP contribution is 2.41. The molecule has 1 heterocycles. The summed E-state index contributed by atoms with van der Waals surface area (Å²) in [5, 5.41) is 0.454. The summed E-state index contributed by atoms with van der Waals surface area (Å²) in [5.74, 6) is -0.283. The molecule has 0 N–H and O–H groups in total. The highest BCUT2D eigenvalue weighted by Gasteiger charge is 2.34. The topological polar surface area (TPSA) is 40.6 Å². The number of carbonyl (C=O) groups excluding carboxylic acids is 2. The molecular formula is C21H22ClFN2O2S. The zero-order valence-corrected chi connectivity index (χ0v) is 17.3. The maximum absolute atomic E-state index is 13.5. The molecule has 28 heavy (non-hydrogen) atoms. The quantitative estimate of drug-likeness (QED) is 0.685. The number of nitrogens with zero attached hydrogens (tertiary/aromatic N) is 2. The number of benzene rings is 2. The van der Waals surface area contributed by atoms with E-state index in [9.17, 15) is 14.0 Å². The van der Waals surface area contributed by atoms with Gasteiger partial charge in [-0.15, -0.1) is 11.8 Å². The molecule has 1 aliphatic rings. The van der Waals surface area contributed by atoms with Crippen molar-refractivity contribution in [3.05, 3.63) is 70.5 Å². The fraction of sp³-hybridized carbons (Fsp3) is 0.333. The molecule has 4 nitrogen and oxygen atoms in total. The first kappa shape index (κ1) is 20.7. The Hall–Kier alpha value is -2.05. The molecule has 2 aromatic carbocycles. The van der Waals surface area contributed by atoms with Gasteiger partial charge in [0.1, 0.15) is 11.2 Å². The van der Waals surface area contributed by atoms with Crippen molar-refractivity contribution in [1.82, 2.24) is 9.80 Å². The normalized spacial score (nSPS) is 16.7. The monoisotopic (exact) mass is 420 g/mol. The van der Waals surface area contributed by atoms with Crippen LogP contribution < -0.4 is 0 Å². The Kier molecular flexibility index (Phi) is 6.62. The lowest BCUT2D eigenvalue weighted by Gasteiger charge is -2.31. The standard InChI is InChI=1S/C21H22ClFN2O2S/c1-14(2)24(20(27)15-6-5-7-16(23)12-15)10-11-25-19(26)13-28-21(25)17-8-3-4-9-18(17)22/h3-9,12,14,21H,10-11,13H2,1-2H3. The van der Waals surface area contributed by atoms with Crippen LogP contribution in [0.4, 0.5) is 4.39 Å². The highest BCUT2D eigenvalue weighted by molar-refractivity contribution is 8.00. The van der Waals surface area contributed by atoms with Crippen LogP contribution in [0.15, 0.2) is 48.5 Å². The van der Waals surface area contributed by atoms with Gasteiger partial charge in [-0.1, -0.05) is 35.9 Å². The second-order valence-corrected chi connectivity index (χ2v) is 8.35. The van der Waals surface area contributed by atoms with E-state index in [2.05, 4.69) is 0 Å². The minimum Gasteiger partial charge on any atom is -0.334 e. The third-order valence-corrected chi connectivity index (χ3v) is 6.26. The van der Waals surface area contributed by atoms with Crippen LogP contribution in [0.2, 0.25) is 5.02 Å². The maximum Gasteiger partial charge on any atom is 0.254 e. The zero-order valence-electron chi connectivity index (χ0n) is 15.8. The van der Waals surface area contributed by atoms with Gasteiger partial charge in [0.05, 0.1) is 5.75 Å². The SMILES string of the molecule is CC(C)N(CCN1C(=O)CSC1c1ccccc1Cl)C(=O)c1cccc(F)c1. The van der Waals surface area contributed by atoms with Gasteiger partial charge in [-0.05, 0) is 38.1 Å².